The molecule has 4 rings (SSSR count). The van der Waals surface area contributed by atoms with Crippen LogP contribution in [0.4, 0.5) is 0 Å². The molecule has 154 valence electrons. The molecule has 1 N–H and O–H groups in total. The lowest BCUT2D eigenvalue weighted by Gasteiger charge is -2.23. The summed E-state index contributed by atoms with van der Waals surface area (Å²) in [5, 5.41) is 4.58. The summed E-state index contributed by atoms with van der Waals surface area (Å²) in [5.41, 5.74) is 2.68. The van der Waals surface area contributed by atoms with Crippen LogP contribution in [0.3, 0.4) is 0 Å². The molecule has 1 aliphatic rings. The fourth-order valence-electron chi connectivity index (χ4n) is 4.11. The Hall–Kier alpha value is -2.18. The van der Waals surface area contributed by atoms with Crippen molar-refractivity contribution in [2.45, 2.75) is 58.0 Å². The standard InChI is InChI=1S/C23H29N3O2S/c1-3-4-12-26-15-25-22-21(23(26)27)19-9-8-17(14-20(19)29-22)24-11-10-16-6-5-7-18(13-16)28-2/h5-7,13,15,17,24H,3-4,8-12,14H2,1-2H3. The van der Waals surface area contributed by atoms with Gasteiger partial charge in [-0.3, -0.25) is 9.36 Å². The molecule has 0 saturated heterocycles. The van der Waals surface area contributed by atoms with Crippen molar-refractivity contribution in [2.24, 2.45) is 0 Å². The average Bonchev–Trinajstić information content (AvgIpc) is 3.12. The number of aryl methyl sites for hydroxylation is 2. The number of hydrogen-bond acceptors (Lipinski definition) is 5. The summed E-state index contributed by atoms with van der Waals surface area (Å²) in [6.45, 7) is 3.85. The van der Waals surface area contributed by atoms with Crippen LogP contribution >= 0.6 is 11.3 Å². The molecule has 3 aromatic rings. The summed E-state index contributed by atoms with van der Waals surface area (Å²) in [7, 11) is 1.70. The number of fused-ring (bicyclic) bond motifs is 3. The number of nitrogens with zero attached hydrogens (tertiary/aromatic N) is 2. The first-order valence-electron chi connectivity index (χ1n) is 10.6. The van der Waals surface area contributed by atoms with E-state index in [4.69, 9.17) is 4.74 Å². The molecular weight excluding hydrogens is 382 g/mol. The van der Waals surface area contributed by atoms with Gasteiger partial charge in [-0.15, -0.1) is 11.3 Å². The van der Waals surface area contributed by atoms with Crippen LogP contribution in [0.2, 0.25) is 0 Å². The van der Waals surface area contributed by atoms with Crippen LogP contribution in [-0.4, -0.2) is 29.2 Å². The second kappa shape index (κ2) is 9.09. The van der Waals surface area contributed by atoms with Gasteiger partial charge in [-0.2, -0.15) is 0 Å². The van der Waals surface area contributed by atoms with Gasteiger partial charge in [0.25, 0.3) is 5.56 Å². The van der Waals surface area contributed by atoms with Gasteiger partial charge in [0.1, 0.15) is 10.6 Å². The van der Waals surface area contributed by atoms with Crippen LogP contribution in [0.1, 0.15) is 42.2 Å². The number of thiophene rings is 1. The number of methoxy groups -OCH3 is 1. The lowest BCUT2D eigenvalue weighted by atomic mass is 9.93. The lowest BCUT2D eigenvalue weighted by Crippen LogP contribution is -2.35. The van der Waals surface area contributed by atoms with Gasteiger partial charge in [-0.05, 0) is 61.9 Å². The highest BCUT2D eigenvalue weighted by Gasteiger charge is 2.24. The molecule has 0 saturated carbocycles. The van der Waals surface area contributed by atoms with E-state index in [1.807, 2.05) is 12.1 Å². The number of ether oxygens (including phenoxy) is 1. The molecule has 0 aliphatic heterocycles. The smallest absolute Gasteiger partial charge is 0.262 e. The highest BCUT2D eigenvalue weighted by molar-refractivity contribution is 7.18. The molecule has 0 bridgehead atoms. The van der Waals surface area contributed by atoms with E-state index in [9.17, 15) is 4.79 Å². The Morgan fingerprint density at radius 1 is 1.38 bits per heavy atom. The Labute approximate surface area is 175 Å². The molecule has 2 heterocycles. The second-order valence-electron chi connectivity index (χ2n) is 7.78. The zero-order valence-electron chi connectivity index (χ0n) is 17.2. The summed E-state index contributed by atoms with van der Waals surface area (Å²) in [5.74, 6) is 0.909. The minimum atomic E-state index is 0.144. The number of nitrogens with one attached hydrogen (secondary N) is 1. The normalized spacial score (nSPS) is 16.1. The maximum absolute atomic E-state index is 12.9. The van der Waals surface area contributed by atoms with Gasteiger partial charge in [-0.1, -0.05) is 25.5 Å². The van der Waals surface area contributed by atoms with Gasteiger partial charge in [0.2, 0.25) is 0 Å². The largest absolute Gasteiger partial charge is 0.497 e. The fourth-order valence-corrected chi connectivity index (χ4v) is 5.37. The van der Waals surface area contributed by atoms with Gasteiger partial charge < -0.3 is 10.1 Å². The van der Waals surface area contributed by atoms with Gasteiger partial charge in [-0.25, -0.2) is 4.98 Å². The highest BCUT2D eigenvalue weighted by atomic mass is 32.1. The summed E-state index contributed by atoms with van der Waals surface area (Å²) in [6.07, 6.45) is 7.82. The van der Waals surface area contributed by atoms with Crippen LogP contribution < -0.4 is 15.6 Å². The second-order valence-corrected chi connectivity index (χ2v) is 8.86. The summed E-state index contributed by atoms with van der Waals surface area (Å²) >= 11 is 1.70. The van der Waals surface area contributed by atoms with Crippen molar-refractivity contribution in [3.8, 4) is 5.75 Å². The minimum absolute atomic E-state index is 0.144. The molecule has 0 spiro atoms. The van der Waals surface area contributed by atoms with E-state index >= 15 is 0 Å². The molecular formula is C23H29N3O2S. The summed E-state index contributed by atoms with van der Waals surface area (Å²) < 4.78 is 7.10. The predicted octanol–water partition coefficient (Wildman–Crippen LogP) is 3.96. The Balaban J connectivity index is 1.42. The van der Waals surface area contributed by atoms with Gasteiger partial charge in [0.15, 0.2) is 0 Å². The molecule has 29 heavy (non-hydrogen) atoms. The van der Waals surface area contributed by atoms with Gasteiger partial charge in [0.05, 0.1) is 18.8 Å². The Kier molecular flexibility index (Phi) is 6.31. The first-order chi connectivity index (χ1) is 14.2. The molecule has 5 nitrogen and oxygen atoms in total. The SMILES string of the molecule is CCCCn1cnc2sc3c(c2c1=O)CCC(NCCc1cccc(OC)c1)C3. The summed E-state index contributed by atoms with van der Waals surface area (Å²) in [6, 6.07) is 8.72. The van der Waals surface area contributed by atoms with Gasteiger partial charge in [0, 0.05) is 17.5 Å². The third-order valence-corrected chi connectivity index (χ3v) is 6.93. The fraction of sp³-hybridized carbons (Fsp3) is 0.478. The van der Waals surface area contributed by atoms with Crippen molar-refractivity contribution in [1.82, 2.24) is 14.9 Å². The van der Waals surface area contributed by atoms with E-state index in [2.05, 4.69) is 29.4 Å². The Bertz CT molecular complexity index is 1040. The monoisotopic (exact) mass is 411 g/mol. The van der Waals surface area contributed by atoms with Crippen molar-refractivity contribution in [3.63, 3.8) is 0 Å². The first-order valence-corrected chi connectivity index (χ1v) is 11.4. The Morgan fingerprint density at radius 3 is 3.10 bits per heavy atom. The zero-order chi connectivity index (χ0) is 20.2. The highest BCUT2D eigenvalue weighted by Crippen LogP contribution is 2.33. The van der Waals surface area contributed by atoms with Crippen molar-refractivity contribution in [3.05, 3.63) is 57.0 Å². The maximum Gasteiger partial charge on any atom is 0.262 e. The van der Waals surface area contributed by atoms with Crippen molar-refractivity contribution >= 4 is 21.6 Å². The molecule has 1 unspecified atom stereocenters. The molecule has 0 fully saturated rings. The molecule has 2 aromatic heterocycles. The first kappa shape index (κ1) is 20.1. The van der Waals surface area contributed by atoms with E-state index in [0.29, 0.717) is 6.04 Å². The van der Waals surface area contributed by atoms with Crippen molar-refractivity contribution in [1.29, 1.82) is 0 Å². The third-order valence-electron chi connectivity index (χ3n) is 5.77. The number of hydrogen-bond donors (Lipinski definition) is 1. The van der Waals surface area contributed by atoms with Crippen LogP contribution in [0.5, 0.6) is 5.75 Å². The van der Waals surface area contributed by atoms with Crippen LogP contribution in [-0.2, 0) is 25.8 Å². The molecule has 1 aliphatic carbocycles. The minimum Gasteiger partial charge on any atom is -0.497 e. The number of rotatable bonds is 8. The number of aromatic nitrogens is 2. The Morgan fingerprint density at radius 2 is 2.28 bits per heavy atom. The van der Waals surface area contributed by atoms with Crippen molar-refractivity contribution < 1.29 is 4.74 Å². The quantitative estimate of drug-likeness (QED) is 0.610. The predicted molar refractivity (Wildman–Crippen MR) is 119 cm³/mol. The summed E-state index contributed by atoms with van der Waals surface area (Å²) in [4.78, 5) is 19.8. The molecule has 1 atom stereocenters. The molecule has 6 heteroatoms. The van der Waals surface area contributed by atoms with E-state index in [0.717, 1.165) is 67.6 Å². The lowest BCUT2D eigenvalue weighted by molar-refractivity contribution is 0.414. The van der Waals surface area contributed by atoms with Crippen LogP contribution in [0.25, 0.3) is 10.2 Å². The molecule has 0 amide bonds. The molecule has 1 aromatic carbocycles. The van der Waals surface area contributed by atoms with Gasteiger partial charge >= 0.3 is 0 Å². The maximum atomic E-state index is 12.9. The van der Waals surface area contributed by atoms with E-state index in [-0.39, 0.29) is 5.56 Å². The zero-order valence-corrected chi connectivity index (χ0v) is 18.1. The van der Waals surface area contributed by atoms with E-state index in [1.54, 1.807) is 29.3 Å². The third kappa shape index (κ3) is 4.38. The van der Waals surface area contributed by atoms with E-state index < -0.39 is 0 Å². The molecule has 0 radical (unpaired) electrons. The van der Waals surface area contributed by atoms with Crippen molar-refractivity contribution in [2.75, 3.05) is 13.7 Å². The average molecular weight is 412 g/mol. The van der Waals surface area contributed by atoms with Crippen LogP contribution in [0, 0.1) is 0 Å². The topological polar surface area (TPSA) is 56.2 Å². The number of benzene rings is 1. The van der Waals surface area contributed by atoms with Crippen LogP contribution in [0.15, 0.2) is 35.4 Å². The van der Waals surface area contributed by atoms with E-state index in [1.165, 1.54) is 16.0 Å². The number of unbranched alkanes of at least 4 members (excludes halogenated alkanes) is 1.